The molecule has 0 bridgehead atoms. The summed E-state index contributed by atoms with van der Waals surface area (Å²) in [7, 11) is 0. The van der Waals surface area contributed by atoms with E-state index in [4.69, 9.17) is 0 Å². The van der Waals surface area contributed by atoms with E-state index in [0.29, 0.717) is 43.6 Å². The summed E-state index contributed by atoms with van der Waals surface area (Å²) in [6.45, 7) is 4.30. The van der Waals surface area contributed by atoms with Crippen LogP contribution in [0.5, 0.6) is 0 Å². The number of guanidine groups is 1. The highest BCUT2D eigenvalue weighted by molar-refractivity contribution is 7.09. The number of rotatable bonds is 9. The Labute approximate surface area is 165 Å². The van der Waals surface area contributed by atoms with Gasteiger partial charge in [0.15, 0.2) is 11.7 Å². The molecule has 0 aromatic carbocycles. The molecule has 0 spiro atoms. The first-order chi connectivity index (χ1) is 13.4. The number of nitrogens with one attached hydrogen (secondary N) is 2. The van der Waals surface area contributed by atoms with Crippen molar-refractivity contribution in [3.8, 4) is 0 Å². The maximum atomic E-state index is 12.6. The van der Waals surface area contributed by atoms with Gasteiger partial charge in [0.2, 0.25) is 5.56 Å². The van der Waals surface area contributed by atoms with E-state index in [1.54, 1.807) is 16.8 Å². The highest BCUT2D eigenvalue weighted by Gasteiger charge is 2.33. The minimum Gasteiger partial charge on any atom is -0.357 e. The number of hydrogen-bond donors (Lipinski definition) is 2. The van der Waals surface area contributed by atoms with Crippen molar-refractivity contribution in [1.82, 2.24) is 20.2 Å². The van der Waals surface area contributed by atoms with Crippen LogP contribution in [-0.4, -0.2) is 35.1 Å². The second-order valence-electron chi connectivity index (χ2n) is 6.00. The minimum atomic E-state index is -4.40. The quantitative estimate of drug-likeness (QED) is 0.375. The average molecular weight is 415 g/mol. The van der Waals surface area contributed by atoms with Gasteiger partial charge in [0, 0.05) is 50.2 Å². The van der Waals surface area contributed by atoms with Crippen LogP contribution in [0.1, 0.15) is 30.5 Å². The van der Waals surface area contributed by atoms with Gasteiger partial charge in [-0.15, -0.1) is 11.3 Å². The fraction of sp³-hybridized carbons (Fsp3) is 0.500. The van der Waals surface area contributed by atoms with Gasteiger partial charge in [-0.25, -0.2) is 4.98 Å². The molecular formula is C18H24F3N5OS. The Morgan fingerprint density at radius 2 is 2.11 bits per heavy atom. The molecule has 0 aliphatic carbocycles. The van der Waals surface area contributed by atoms with Crippen molar-refractivity contribution in [3.05, 3.63) is 50.8 Å². The minimum absolute atomic E-state index is 0.0168. The fourth-order valence-electron chi connectivity index (χ4n) is 2.42. The van der Waals surface area contributed by atoms with Crippen molar-refractivity contribution in [3.63, 3.8) is 0 Å². The molecule has 0 saturated heterocycles. The van der Waals surface area contributed by atoms with Crippen LogP contribution < -0.4 is 16.2 Å². The molecule has 2 N–H and O–H groups in total. The van der Waals surface area contributed by atoms with E-state index in [-0.39, 0.29) is 5.56 Å². The highest BCUT2D eigenvalue weighted by Crippen LogP contribution is 2.29. The number of hydrogen-bond acceptors (Lipinski definition) is 4. The van der Waals surface area contributed by atoms with Gasteiger partial charge in [0.25, 0.3) is 0 Å². The third-order valence-corrected chi connectivity index (χ3v) is 4.70. The monoisotopic (exact) mass is 415 g/mol. The number of halogens is 3. The second kappa shape index (κ2) is 10.8. The molecule has 28 heavy (non-hydrogen) atoms. The van der Waals surface area contributed by atoms with Crippen molar-refractivity contribution >= 4 is 17.3 Å². The van der Waals surface area contributed by atoms with Gasteiger partial charge in [-0.05, 0) is 25.8 Å². The lowest BCUT2D eigenvalue weighted by Gasteiger charge is -2.10. The summed E-state index contributed by atoms with van der Waals surface area (Å²) in [5.74, 6) is 0.618. The molecule has 10 heteroatoms. The van der Waals surface area contributed by atoms with Crippen LogP contribution in [0, 0.1) is 0 Å². The van der Waals surface area contributed by atoms with Gasteiger partial charge in [-0.2, -0.15) is 13.2 Å². The molecule has 2 rings (SSSR count). The molecule has 0 saturated carbocycles. The third kappa shape index (κ3) is 7.34. The zero-order chi connectivity index (χ0) is 20.4. The van der Waals surface area contributed by atoms with Gasteiger partial charge in [0.1, 0.15) is 0 Å². The van der Waals surface area contributed by atoms with Gasteiger partial charge in [-0.3, -0.25) is 9.79 Å². The summed E-state index contributed by atoms with van der Waals surface area (Å²) in [6.07, 6.45) is -0.600. The lowest BCUT2D eigenvalue weighted by molar-refractivity contribution is -0.140. The van der Waals surface area contributed by atoms with E-state index in [9.17, 15) is 18.0 Å². The summed E-state index contributed by atoms with van der Waals surface area (Å²) in [6, 6.07) is 5.07. The molecule has 0 atom stereocenters. The zero-order valence-electron chi connectivity index (χ0n) is 15.6. The van der Waals surface area contributed by atoms with E-state index in [1.165, 1.54) is 6.07 Å². The van der Waals surface area contributed by atoms with E-state index >= 15 is 0 Å². The molecule has 0 amide bonds. The van der Waals surface area contributed by atoms with Crippen LogP contribution in [0.4, 0.5) is 13.2 Å². The Bertz CT molecular complexity index is 816. The molecule has 0 aliphatic heterocycles. The van der Waals surface area contributed by atoms with Crippen LogP contribution >= 0.6 is 11.3 Å². The number of nitrogens with zero attached hydrogens (tertiary/aromatic N) is 3. The molecule has 2 aromatic rings. The topological polar surface area (TPSA) is 71.3 Å². The first-order valence-corrected chi connectivity index (χ1v) is 9.97. The summed E-state index contributed by atoms with van der Waals surface area (Å²) in [4.78, 5) is 19.7. The Morgan fingerprint density at radius 1 is 1.29 bits per heavy atom. The SMILES string of the molecule is CCNC(=NCCCCn1ccccc1=O)NCCc1nc(C(F)(F)F)cs1. The summed E-state index contributed by atoms with van der Waals surface area (Å²) in [5, 5.41) is 7.68. The maximum Gasteiger partial charge on any atom is 0.434 e. The highest BCUT2D eigenvalue weighted by atomic mass is 32.1. The first-order valence-electron chi connectivity index (χ1n) is 9.09. The number of alkyl halides is 3. The van der Waals surface area contributed by atoms with Gasteiger partial charge < -0.3 is 15.2 Å². The average Bonchev–Trinajstić information content (AvgIpc) is 3.12. The van der Waals surface area contributed by atoms with Crippen molar-refractivity contribution in [2.75, 3.05) is 19.6 Å². The van der Waals surface area contributed by atoms with Crippen LogP contribution in [0.15, 0.2) is 39.6 Å². The first kappa shape index (κ1) is 21.9. The van der Waals surface area contributed by atoms with Crippen molar-refractivity contribution in [1.29, 1.82) is 0 Å². The summed E-state index contributed by atoms with van der Waals surface area (Å²) < 4.78 is 39.4. The smallest absolute Gasteiger partial charge is 0.357 e. The fourth-order valence-corrected chi connectivity index (χ4v) is 3.22. The second-order valence-corrected chi connectivity index (χ2v) is 6.94. The molecule has 0 aliphatic rings. The molecule has 2 heterocycles. The van der Waals surface area contributed by atoms with Crippen LogP contribution in [0.3, 0.4) is 0 Å². The lowest BCUT2D eigenvalue weighted by atomic mass is 10.3. The predicted molar refractivity (Wildman–Crippen MR) is 105 cm³/mol. The molecule has 0 fully saturated rings. The Kier molecular flexibility index (Phi) is 8.49. The summed E-state index contributed by atoms with van der Waals surface area (Å²) >= 11 is 1.01. The zero-order valence-corrected chi connectivity index (χ0v) is 16.4. The number of pyridine rings is 1. The van der Waals surface area contributed by atoms with Crippen molar-refractivity contribution in [2.24, 2.45) is 4.99 Å². The normalized spacial score (nSPS) is 12.2. The largest absolute Gasteiger partial charge is 0.434 e. The maximum absolute atomic E-state index is 12.6. The number of unbranched alkanes of at least 4 members (excludes halogenated alkanes) is 1. The molecule has 0 unspecified atom stereocenters. The molecule has 2 aromatic heterocycles. The number of aliphatic imine (C=N–C) groups is 1. The van der Waals surface area contributed by atoms with Gasteiger partial charge in [0.05, 0.1) is 5.01 Å². The number of aromatic nitrogens is 2. The number of thiazole rings is 1. The molecule has 154 valence electrons. The van der Waals surface area contributed by atoms with Gasteiger partial charge >= 0.3 is 6.18 Å². The van der Waals surface area contributed by atoms with Crippen LogP contribution in [-0.2, 0) is 19.1 Å². The van der Waals surface area contributed by atoms with Crippen molar-refractivity contribution < 1.29 is 13.2 Å². The molecule has 6 nitrogen and oxygen atoms in total. The van der Waals surface area contributed by atoms with Crippen LogP contribution in [0.25, 0.3) is 0 Å². The van der Waals surface area contributed by atoms with E-state index in [0.717, 1.165) is 29.6 Å². The Hall–Kier alpha value is -2.36. The predicted octanol–water partition coefficient (Wildman–Crippen LogP) is 2.90. The van der Waals surface area contributed by atoms with E-state index in [2.05, 4.69) is 20.6 Å². The van der Waals surface area contributed by atoms with Gasteiger partial charge in [-0.1, -0.05) is 6.07 Å². The third-order valence-electron chi connectivity index (χ3n) is 3.79. The lowest BCUT2D eigenvalue weighted by Crippen LogP contribution is -2.38. The molecule has 0 radical (unpaired) electrons. The van der Waals surface area contributed by atoms with Crippen molar-refractivity contribution in [2.45, 2.75) is 38.9 Å². The Balaban J connectivity index is 1.73. The van der Waals surface area contributed by atoms with Crippen LogP contribution in [0.2, 0.25) is 0 Å². The Morgan fingerprint density at radius 3 is 2.79 bits per heavy atom. The van der Waals surface area contributed by atoms with E-state index < -0.39 is 11.9 Å². The molecular weight excluding hydrogens is 391 g/mol. The number of aryl methyl sites for hydroxylation is 1. The summed E-state index contributed by atoms with van der Waals surface area (Å²) in [5.41, 5.74) is -0.859. The van der Waals surface area contributed by atoms with E-state index in [1.807, 2.05) is 13.0 Å². The standard InChI is InChI=1S/C18H24F3N5OS/c1-2-22-17(23-9-4-6-12-26-11-5-3-7-16(26)27)24-10-8-15-25-14(13-28-15)18(19,20)21/h3,5,7,11,13H,2,4,6,8-10,12H2,1H3,(H2,22,23,24).